The molecule has 0 saturated carbocycles. The molecule has 1 aromatic rings. The number of rotatable bonds is 3. The molecule has 2 rings (SSSR count). The monoisotopic (exact) mass is 222 g/mol. The van der Waals surface area contributed by atoms with Gasteiger partial charge >= 0.3 is 0 Å². The molecule has 1 saturated heterocycles. The van der Waals surface area contributed by atoms with Crippen LogP contribution < -0.4 is 10.6 Å². The summed E-state index contributed by atoms with van der Waals surface area (Å²) in [5.74, 6) is 1.17. The Labute approximate surface area is 95.2 Å². The number of piperidine rings is 1. The van der Waals surface area contributed by atoms with E-state index in [1.165, 1.54) is 6.42 Å². The van der Waals surface area contributed by atoms with Crippen LogP contribution in [-0.2, 0) is 11.8 Å². The largest absolute Gasteiger partial charge is 0.316 e. The third-order valence-corrected chi connectivity index (χ3v) is 2.85. The first-order chi connectivity index (χ1) is 7.74. The van der Waals surface area contributed by atoms with E-state index in [9.17, 15) is 4.79 Å². The van der Waals surface area contributed by atoms with E-state index < -0.39 is 0 Å². The van der Waals surface area contributed by atoms with Crippen molar-refractivity contribution in [3.05, 3.63) is 12.3 Å². The highest BCUT2D eigenvalue weighted by Crippen LogP contribution is 2.14. The number of carbonyl (C=O) groups excluding carboxylic acids is 1. The molecule has 0 radical (unpaired) electrons. The third-order valence-electron chi connectivity index (χ3n) is 2.85. The van der Waals surface area contributed by atoms with Crippen LogP contribution in [-0.4, -0.2) is 28.8 Å². The summed E-state index contributed by atoms with van der Waals surface area (Å²) >= 11 is 0. The number of nitrogens with zero attached hydrogens (tertiary/aromatic N) is 2. The van der Waals surface area contributed by atoms with E-state index in [4.69, 9.17) is 0 Å². The number of anilines is 1. The lowest BCUT2D eigenvalue weighted by Gasteiger charge is -2.21. The Morgan fingerprint density at radius 2 is 2.62 bits per heavy atom. The molecule has 1 aliphatic heterocycles. The van der Waals surface area contributed by atoms with Crippen molar-refractivity contribution in [2.24, 2.45) is 13.0 Å². The van der Waals surface area contributed by atoms with E-state index in [1.807, 2.05) is 13.2 Å². The van der Waals surface area contributed by atoms with Gasteiger partial charge in [-0.3, -0.25) is 9.48 Å². The zero-order chi connectivity index (χ0) is 11.4. The minimum atomic E-state index is 0.0624. The lowest BCUT2D eigenvalue weighted by molar-refractivity contribution is -0.117. The Morgan fingerprint density at radius 1 is 1.75 bits per heavy atom. The molecule has 1 amide bonds. The first-order valence-corrected chi connectivity index (χ1v) is 5.74. The maximum atomic E-state index is 11.7. The molecule has 1 atom stereocenters. The number of amides is 1. The van der Waals surface area contributed by atoms with Crippen molar-refractivity contribution < 1.29 is 4.79 Å². The van der Waals surface area contributed by atoms with Crippen molar-refractivity contribution in [3.63, 3.8) is 0 Å². The van der Waals surface area contributed by atoms with Gasteiger partial charge in [0.25, 0.3) is 0 Å². The molecule has 5 heteroatoms. The standard InChI is InChI=1S/C11H18N4O/c1-15-6-4-10(14-15)13-11(16)7-9-3-2-5-12-8-9/h4,6,9,12H,2-3,5,7-8H2,1H3,(H,13,14,16). The highest BCUT2D eigenvalue weighted by atomic mass is 16.1. The zero-order valence-corrected chi connectivity index (χ0v) is 9.57. The van der Waals surface area contributed by atoms with E-state index in [0.29, 0.717) is 18.2 Å². The second kappa shape index (κ2) is 5.12. The van der Waals surface area contributed by atoms with Crippen LogP contribution in [0.1, 0.15) is 19.3 Å². The molecule has 0 aromatic carbocycles. The summed E-state index contributed by atoms with van der Waals surface area (Å²) in [7, 11) is 1.83. The SMILES string of the molecule is Cn1ccc(NC(=O)CC2CCCNC2)n1. The van der Waals surface area contributed by atoms with Crippen molar-refractivity contribution in [2.45, 2.75) is 19.3 Å². The second-order valence-electron chi connectivity index (χ2n) is 4.34. The second-order valence-corrected chi connectivity index (χ2v) is 4.34. The van der Waals surface area contributed by atoms with E-state index in [-0.39, 0.29) is 5.91 Å². The van der Waals surface area contributed by atoms with Crippen LogP contribution in [0.3, 0.4) is 0 Å². The summed E-state index contributed by atoms with van der Waals surface area (Å²) in [5, 5.41) is 10.2. The van der Waals surface area contributed by atoms with Gasteiger partial charge in [-0.25, -0.2) is 0 Å². The number of aromatic nitrogens is 2. The molecule has 1 fully saturated rings. The molecule has 5 nitrogen and oxygen atoms in total. The molecule has 1 aromatic heterocycles. The van der Waals surface area contributed by atoms with Gasteiger partial charge in [-0.2, -0.15) is 5.10 Å². The fourth-order valence-electron chi connectivity index (χ4n) is 2.04. The summed E-state index contributed by atoms with van der Waals surface area (Å²) in [6.07, 6.45) is 4.71. The predicted octanol–water partition coefficient (Wildman–Crippen LogP) is 0.748. The lowest BCUT2D eigenvalue weighted by Crippen LogP contribution is -2.32. The van der Waals surface area contributed by atoms with Gasteiger partial charge in [0.1, 0.15) is 0 Å². The smallest absolute Gasteiger partial charge is 0.225 e. The van der Waals surface area contributed by atoms with Crippen molar-refractivity contribution in [1.82, 2.24) is 15.1 Å². The molecule has 0 aliphatic carbocycles. The van der Waals surface area contributed by atoms with Crippen LogP contribution in [0.25, 0.3) is 0 Å². The zero-order valence-electron chi connectivity index (χ0n) is 9.57. The molecule has 2 N–H and O–H groups in total. The Bertz CT molecular complexity index is 355. The Balaban J connectivity index is 1.79. The van der Waals surface area contributed by atoms with E-state index in [1.54, 1.807) is 10.7 Å². The Morgan fingerprint density at radius 3 is 3.25 bits per heavy atom. The summed E-state index contributed by atoms with van der Waals surface area (Å²) in [6.45, 7) is 2.04. The molecule has 2 heterocycles. The molecule has 1 unspecified atom stereocenters. The Hall–Kier alpha value is -1.36. The molecule has 88 valence electrons. The van der Waals surface area contributed by atoms with Crippen molar-refractivity contribution >= 4 is 11.7 Å². The molecular formula is C11H18N4O. The maximum Gasteiger partial charge on any atom is 0.225 e. The predicted molar refractivity (Wildman–Crippen MR) is 62.0 cm³/mol. The number of carbonyl (C=O) groups is 1. The first-order valence-electron chi connectivity index (χ1n) is 5.74. The number of aryl methyl sites for hydroxylation is 1. The minimum absolute atomic E-state index is 0.0624. The van der Waals surface area contributed by atoms with Crippen molar-refractivity contribution in [3.8, 4) is 0 Å². The van der Waals surface area contributed by atoms with Gasteiger partial charge in [-0.05, 0) is 31.8 Å². The fourth-order valence-corrected chi connectivity index (χ4v) is 2.04. The number of hydrogen-bond donors (Lipinski definition) is 2. The van der Waals surface area contributed by atoms with Gasteiger partial charge in [-0.15, -0.1) is 0 Å². The molecule has 16 heavy (non-hydrogen) atoms. The average Bonchev–Trinajstić information content (AvgIpc) is 2.65. The normalized spacial score (nSPS) is 20.7. The third kappa shape index (κ3) is 3.06. The fraction of sp³-hybridized carbons (Fsp3) is 0.636. The van der Waals surface area contributed by atoms with E-state index >= 15 is 0 Å². The summed E-state index contributed by atoms with van der Waals surface area (Å²) < 4.78 is 1.68. The molecule has 1 aliphatic rings. The maximum absolute atomic E-state index is 11.7. The van der Waals surface area contributed by atoms with E-state index in [2.05, 4.69) is 15.7 Å². The number of hydrogen-bond acceptors (Lipinski definition) is 3. The van der Waals surface area contributed by atoms with Crippen LogP contribution in [0.15, 0.2) is 12.3 Å². The van der Waals surface area contributed by atoms with Gasteiger partial charge in [0.05, 0.1) is 0 Å². The lowest BCUT2D eigenvalue weighted by atomic mass is 9.96. The van der Waals surface area contributed by atoms with Crippen LogP contribution >= 0.6 is 0 Å². The van der Waals surface area contributed by atoms with Gasteiger partial charge in [-0.1, -0.05) is 0 Å². The van der Waals surface area contributed by atoms with Crippen LogP contribution in [0.4, 0.5) is 5.82 Å². The van der Waals surface area contributed by atoms with Crippen LogP contribution in [0.5, 0.6) is 0 Å². The first kappa shape index (κ1) is 11.1. The molecule has 0 bridgehead atoms. The van der Waals surface area contributed by atoms with Crippen LogP contribution in [0, 0.1) is 5.92 Å². The Kier molecular flexibility index (Phi) is 3.56. The molecular weight excluding hydrogens is 204 g/mol. The minimum Gasteiger partial charge on any atom is -0.316 e. The highest BCUT2D eigenvalue weighted by Gasteiger charge is 2.16. The van der Waals surface area contributed by atoms with Gasteiger partial charge < -0.3 is 10.6 Å². The summed E-state index contributed by atoms with van der Waals surface area (Å²) in [4.78, 5) is 11.7. The van der Waals surface area contributed by atoms with Gasteiger partial charge in [0, 0.05) is 25.7 Å². The quantitative estimate of drug-likeness (QED) is 0.793. The van der Waals surface area contributed by atoms with Gasteiger partial charge in [0.2, 0.25) is 5.91 Å². The average molecular weight is 222 g/mol. The van der Waals surface area contributed by atoms with Crippen molar-refractivity contribution in [1.29, 1.82) is 0 Å². The summed E-state index contributed by atoms with van der Waals surface area (Å²) in [5.41, 5.74) is 0. The van der Waals surface area contributed by atoms with Gasteiger partial charge in [0.15, 0.2) is 5.82 Å². The summed E-state index contributed by atoms with van der Waals surface area (Å²) in [6, 6.07) is 1.80. The highest BCUT2D eigenvalue weighted by molar-refractivity contribution is 5.89. The topological polar surface area (TPSA) is 59.0 Å². The van der Waals surface area contributed by atoms with Crippen molar-refractivity contribution in [2.75, 3.05) is 18.4 Å². The van der Waals surface area contributed by atoms with E-state index in [0.717, 1.165) is 19.5 Å². The molecule has 0 spiro atoms. The number of nitrogens with one attached hydrogen (secondary N) is 2. The van der Waals surface area contributed by atoms with Crippen LogP contribution in [0.2, 0.25) is 0 Å².